The number of hydrogen-bond donors (Lipinski definition) is 0. The van der Waals surface area contributed by atoms with E-state index in [1.165, 1.54) is 12.8 Å². The van der Waals surface area contributed by atoms with E-state index in [0.717, 1.165) is 39.3 Å². The second-order valence-electron chi connectivity index (χ2n) is 3.92. The quantitative estimate of drug-likeness (QED) is 0.508. The molecule has 0 unspecified atom stereocenters. The Morgan fingerprint density at radius 2 is 0.944 bits per heavy atom. The Morgan fingerprint density at radius 1 is 0.556 bits per heavy atom. The maximum absolute atomic E-state index is 5.33. The molecule has 0 heterocycles. The Kier molecular flexibility index (Phi) is 24.7. The Bertz CT molecular complexity index is 106. The van der Waals surface area contributed by atoms with Gasteiger partial charge in [-0.25, -0.2) is 0 Å². The van der Waals surface area contributed by atoms with Crippen molar-refractivity contribution >= 4 is 0 Å². The summed E-state index contributed by atoms with van der Waals surface area (Å²) in [4.78, 5) is 0. The highest BCUT2D eigenvalue weighted by molar-refractivity contribution is 4.35. The third-order valence-electron chi connectivity index (χ3n) is 2.15. The molecule has 0 atom stereocenters. The van der Waals surface area contributed by atoms with Crippen molar-refractivity contribution in [3.63, 3.8) is 0 Å². The molecule has 0 aromatic carbocycles. The number of hydrogen-bond acceptors (Lipinski definition) is 4. The van der Waals surface area contributed by atoms with E-state index in [1.54, 1.807) is 14.2 Å². The van der Waals surface area contributed by atoms with Crippen molar-refractivity contribution < 1.29 is 18.9 Å². The van der Waals surface area contributed by atoms with E-state index in [-0.39, 0.29) is 0 Å². The minimum atomic E-state index is 0.691. The van der Waals surface area contributed by atoms with Crippen LogP contribution in [0.15, 0.2) is 0 Å². The van der Waals surface area contributed by atoms with Crippen LogP contribution in [0.3, 0.4) is 0 Å². The van der Waals surface area contributed by atoms with E-state index in [1.807, 2.05) is 0 Å². The number of rotatable bonds is 12. The molecule has 0 fully saturated rings. The highest BCUT2D eigenvalue weighted by Gasteiger charge is 1.88. The Balaban J connectivity index is 0. The summed E-state index contributed by atoms with van der Waals surface area (Å²) in [5.41, 5.74) is 0. The molecule has 0 saturated carbocycles. The molecule has 112 valence electrons. The summed E-state index contributed by atoms with van der Waals surface area (Å²) in [6.07, 6.45) is 4.73. The van der Waals surface area contributed by atoms with E-state index in [0.29, 0.717) is 13.2 Å². The molecule has 0 aromatic heterocycles. The molecule has 0 aliphatic rings. The molecule has 18 heavy (non-hydrogen) atoms. The van der Waals surface area contributed by atoms with Crippen molar-refractivity contribution in [1.82, 2.24) is 0 Å². The number of ether oxygens (including phenoxy) is 4. The first-order chi connectivity index (χ1) is 8.83. The summed E-state index contributed by atoms with van der Waals surface area (Å²) in [5.74, 6) is 0. The Hall–Kier alpha value is -0.160. The lowest BCUT2D eigenvalue weighted by Crippen LogP contribution is -2.05. The van der Waals surface area contributed by atoms with E-state index < -0.39 is 0 Å². The lowest BCUT2D eigenvalue weighted by Gasteiger charge is -2.03. The Morgan fingerprint density at radius 3 is 1.22 bits per heavy atom. The molecule has 0 spiro atoms. The zero-order valence-electron chi connectivity index (χ0n) is 12.7. The highest BCUT2D eigenvalue weighted by atomic mass is 16.5. The van der Waals surface area contributed by atoms with Crippen molar-refractivity contribution in [2.75, 3.05) is 53.9 Å². The van der Waals surface area contributed by atoms with Crippen LogP contribution in [0, 0.1) is 0 Å². The number of unbranched alkanes of at least 4 members (excludes halogenated alkanes) is 2. The zero-order chi connectivity index (χ0) is 13.9. The van der Waals surface area contributed by atoms with Crippen molar-refractivity contribution in [2.24, 2.45) is 0 Å². The summed E-state index contributed by atoms with van der Waals surface area (Å²) in [5, 5.41) is 0. The lowest BCUT2D eigenvalue weighted by atomic mass is 10.4. The van der Waals surface area contributed by atoms with Gasteiger partial charge in [-0.2, -0.15) is 0 Å². The fraction of sp³-hybridized carbons (Fsp3) is 1.00. The van der Waals surface area contributed by atoms with Crippen LogP contribution in [0.25, 0.3) is 0 Å². The summed E-state index contributed by atoms with van der Waals surface area (Å²) in [7, 11) is 3.30. The molecule has 0 saturated heterocycles. The average molecular weight is 264 g/mol. The molecule has 0 amide bonds. The third-order valence-corrected chi connectivity index (χ3v) is 2.15. The van der Waals surface area contributed by atoms with Gasteiger partial charge in [0, 0.05) is 27.4 Å². The minimum absolute atomic E-state index is 0.691. The largest absolute Gasteiger partial charge is 0.382 e. The summed E-state index contributed by atoms with van der Waals surface area (Å²) in [6, 6.07) is 0. The van der Waals surface area contributed by atoms with Crippen LogP contribution in [0.1, 0.15) is 39.5 Å². The highest BCUT2D eigenvalue weighted by Crippen LogP contribution is 1.90. The van der Waals surface area contributed by atoms with Crippen molar-refractivity contribution in [3.8, 4) is 0 Å². The van der Waals surface area contributed by atoms with Crippen molar-refractivity contribution in [1.29, 1.82) is 0 Å². The molecule has 4 heteroatoms. The topological polar surface area (TPSA) is 36.9 Å². The van der Waals surface area contributed by atoms with Crippen LogP contribution in [0.2, 0.25) is 0 Å². The fourth-order valence-corrected chi connectivity index (χ4v) is 0.981. The van der Waals surface area contributed by atoms with Gasteiger partial charge >= 0.3 is 0 Å². The monoisotopic (exact) mass is 264 g/mol. The average Bonchev–Trinajstić information content (AvgIpc) is 2.40. The molecule has 0 N–H and O–H groups in total. The summed E-state index contributed by atoms with van der Waals surface area (Å²) in [6.45, 7) is 8.99. The molecule has 0 aromatic rings. The molecule has 0 bridgehead atoms. The van der Waals surface area contributed by atoms with Gasteiger partial charge in [-0.05, 0) is 12.8 Å². The molecular weight excluding hydrogens is 232 g/mol. The second-order valence-corrected chi connectivity index (χ2v) is 3.92. The van der Waals surface area contributed by atoms with Crippen LogP contribution in [-0.4, -0.2) is 53.9 Å². The van der Waals surface area contributed by atoms with Gasteiger partial charge in [0.1, 0.15) is 0 Å². The van der Waals surface area contributed by atoms with Crippen molar-refractivity contribution in [2.45, 2.75) is 39.5 Å². The van der Waals surface area contributed by atoms with Crippen LogP contribution in [-0.2, 0) is 18.9 Å². The normalized spacial score (nSPS) is 10.0. The molecule has 0 aliphatic heterocycles. The minimum Gasteiger partial charge on any atom is -0.382 e. The van der Waals surface area contributed by atoms with Gasteiger partial charge in [-0.15, -0.1) is 0 Å². The first kappa shape index (κ1) is 20.2. The van der Waals surface area contributed by atoms with Gasteiger partial charge in [-0.3, -0.25) is 0 Å². The van der Waals surface area contributed by atoms with E-state index in [9.17, 15) is 0 Å². The smallest absolute Gasteiger partial charge is 0.0700 e. The first-order valence-electron chi connectivity index (χ1n) is 6.96. The molecule has 4 nitrogen and oxygen atoms in total. The fourth-order valence-electron chi connectivity index (χ4n) is 0.981. The molecular formula is C14H32O4. The van der Waals surface area contributed by atoms with Crippen LogP contribution in [0.5, 0.6) is 0 Å². The van der Waals surface area contributed by atoms with Crippen molar-refractivity contribution in [3.05, 3.63) is 0 Å². The van der Waals surface area contributed by atoms with Gasteiger partial charge in [0.15, 0.2) is 0 Å². The standard InChI is InChI=1S/C10H22O2.C4H10O2/c1-3-5-7-11-9-10-12-8-6-4-2;1-5-3-4-6-2/h3-10H2,1-2H3;3-4H2,1-2H3. The maximum Gasteiger partial charge on any atom is 0.0700 e. The second kappa shape index (κ2) is 22.1. The number of methoxy groups -OCH3 is 2. The van der Waals surface area contributed by atoms with Crippen LogP contribution < -0.4 is 0 Å². The van der Waals surface area contributed by atoms with Gasteiger partial charge in [0.2, 0.25) is 0 Å². The van der Waals surface area contributed by atoms with Crippen LogP contribution in [0.4, 0.5) is 0 Å². The van der Waals surface area contributed by atoms with E-state index in [4.69, 9.17) is 9.47 Å². The van der Waals surface area contributed by atoms with Gasteiger partial charge in [0.05, 0.1) is 26.4 Å². The third kappa shape index (κ3) is 24.9. The van der Waals surface area contributed by atoms with Gasteiger partial charge < -0.3 is 18.9 Å². The summed E-state index contributed by atoms with van der Waals surface area (Å²) >= 11 is 0. The molecule has 0 rings (SSSR count). The summed E-state index contributed by atoms with van der Waals surface area (Å²) < 4.78 is 20.0. The molecule has 0 radical (unpaired) electrons. The van der Waals surface area contributed by atoms with E-state index in [2.05, 4.69) is 23.3 Å². The first-order valence-corrected chi connectivity index (χ1v) is 6.96. The maximum atomic E-state index is 5.33. The molecule has 0 aliphatic carbocycles. The predicted molar refractivity (Wildman–Crippen MR) is 75.2 cm³/mol. The SMILES string of the molecule is CCCCOCCOCCCC.COCCOC. The van der Waals surface area contributed by atoms with Crippen LogP contribution >= 0.6 is 0 Å². The zero-order valence-corrected chi connectivity index (χ0v) is 12.7. The van der Waals surface area contributed by atoms with E-state index >= 15 is 0 Å². The predicted octanol–water partition coefficient (Wildman–Crippen LogP) is 2.90. The lowest BCUT2D eigenvalue weighted by molar-refractivity contribution is 0.0457. The van der Waals surface area contributed by atoms with Gasteiger partial charge in [0.25, 0.3) is 0 Å². The Labute approximate surface area is 113 Å². The van der Waals surface area contributed by atoms with Gasteiger partial charge in [-0.1, -0.05) is 26.7 Å².